The van der Waals surface area contributed by atoms with E-state index in [9.17, 15) is 9.59 Å². The van der Waals surface area contributed by atoms with E-state index in [1.807, 2.05) is 24.3 Å². The fraction of sp³-hybridized carbons (Fsp3) is 0.438. The number of hydrogen-bond donors (Lipinski definition) is 2. The van der Waals surface area contributed by atoms with E-state index in [0.717, 1.165) is 5.69 Å². The van der Waals surface area contributed by atoms with Crippen molar-refractivity contribution in [1.82, 2.24) is 20.2 Å². The Morgan fingerprint density at radius 1 is 1.21 bits per heavy atom. The summed E-state index contributed by atoms with van der Waals surface area (Å²) in [5.74, 6) is -0.632. The van der Waals surface area contributed by atoms with Gasteiger partial charge in [-0.2, -0.15) is 4.68 Å². The Hall–Kier alpha value is -2.77. The number of carbonyl (C=O) groups excluding carboxylic acids is 1. The third kappa shape index (κ3) is 3.42. The van der Waals surface area contributed by atoms with Crippen molar-refractivity contribution < 1.29 is 14.7 Å². The molecular weight excluding hydrogens is 310 g/mol. The Bertz CT molecular complexity index is 750. The van der Waals surface area contributed by atoms with Crippen molar-refractivity contribution in [3.8, 4) is 5.69 Å². The Morgan fingerprint density at radius 2 is 1.92 bits per heavy atom. The van der Waals surface area contributed by atoms with Crippen molar-refractivity contribution in [3.63, 3.8) is 0 Å². The van der Waals surface area contributed by atoms with Crippen molar-refractivity contribution in [1.29, 1.82) is 0 Å². The highest BCUT2D eigenvalue weighted by Crippen LogP contribution is 2.30. The second-order valence-electron chi connectivity index (χ2n) is 6.06. The van der Waals surface area contributed by atoms with Gasteiger partial charge in [-0.1, -0.05) is 6.07 Å². The zero-order valence-corrected chi connectivity index (χ0v) is 13.3. The average molecular weight is 329 g/mol. The van der Waals surface area contributed by atoms with Crippen LogP contribution in [-0.4, -0.2) is 37.2 Å². The number of nitrogens with one attached hydrogen (secondary N) is 1. The van der Waals surface area contributed by atoms with Gasteiger partial charge in [0.25, 0.3) is 0 Å². The molecule has 1 aromatic carbocycles. The smallest absolute Gasteiger partial charge is 0.306 e. The maximum absolute atomic E-state index is 12.4. The lowest BCUT2D eigenvalue weighted by Gasteiger charge is -2.25. The largest absolute Gasteiger partial charge is 0.481 e. The molecule has 2 aromatic rings. The number of tetrazole rings is 1. The molecular formula is C16H19N5O3. The van der Waals surface area contributed by atoms with E-state index in [2.05, 4.69) is 20.8 Å². The first-order chi connectivity index (χ1) is 11.5. The van der Waals surface area contributed by atoms with Crippen LogP contribution in [-0.2, 0) is 9.59 Å². The number of amides is 1. The molecule has 1 fully saturated rings. The van der Waals surface area contributed by atoms with Gasteiger partial charge in [0, 0.05) is 11.6 Å². The molecule has 8 nitrogen and oxygen atoms in total. The predicted octanol–water partition coefficient (Wildman–Crippen LogP) is 1.80. The normalized spacial score (nSPS) is 20.5. The SMILES string of the molecule is Cc1nnnn1-c1cccc(NC(=O)C2CCC(C(=O)O)CC2)c1. The fourth-order valence-corrected chi connectivity index (χ4v) is 3.03. The fourth-order valence-electron chi connectivity index (χ4n) is 3.03. The number of rotatable bonds is 4. The van der Waals surface area contributed by atoms with E-state index in [4.69, 9.17) is 5.11 Å². The van der Waals surface area contributed by atoms with Crippen molar-refractivity contribution in [3.05, 3.63) is 30.1 Å². The van der Waals surface area contributed by atoms with Gasteiger partial charge < -0.3 is 10.4 Å². The van der Waals surface area contributed by atoms with Gasteiger partial charge in [0.1, 0.15) is 0 Å². The highest BCUT2D eigenvalue weighted by molar-refractivity contribution is 5.93. The lowest BCUT2D eigenvalue weighted by atomic mass is 9.81. The minimum atomic E-state index is -0.765. The first kappa shape index (κ1) is 16.1. The van der Waals surface area contributed by atoms with E-state index in [-0.39, 0.29) is 17.7 Å². The monoisotopic (exact) mass is 329 g/mol. The average Bonchev–Trinajstić information content (AvgIpc) is 3.01. The molecule has 1 aliphatic carbocycles. The van der Waals surface area contributed by atoms with Crippen molar-refractivity contribution in [2.24, 2.45) is 11.8 Å². The third-order valence-electron chi connectivity index (χ3n) is 4.43. The number of carbonyl (C=O) groups is 2. The number of benzene rings is 1. The van der Waals surface area contributed by atoms with Crippen LogP contribution >= 0.6 is 0 Å². The van der Waals surface area contributed by atoms with Gasteiger partial charge >= 0.3 is 5.97 Å². The van der Waals surface area contributed by atoms with E-state index in [1.165, 1.54) is 0 Å². The Kier molecular flexibility index (Phi) is 4.54. The lowest BCUT2D eigenvalue weighted by Crippen LogP contribution is -2.29. The Labute approximate surface area is 138 Å². The highest BCUT2D eigenvalue weighted by atomic mass is 16.4. The number of carboxylic acids is 1. The van der Waals surface area contributed by atoms with E-state index in [1.54, 1.807) is 11.6 Å². The molecule has 8 heteroatoms. The van der Waals surface area contributed by atoms with Crippen LogP contribution in [0.5, 0.6) is 0 Å². The zero-order chi connectivity index (χ0) is 17.1. The quantitative estimate of drug-likeness (QED) is 0.885. The summed E-state index contributed by atoms with van der Waals surface area (Å²) in [5, 5.41) is 23.3. The van der Waals surface area contributed by atoms with Crippen LogP contribution in [0.2, 0.25) is 0 Å². The summed E-state index contributed by atoms with van der Waals surface area (Å²) in [4.78, 5) is 23.4. The minimum Gasteiger partial charge on any atom is -0.481 e. The van der Waals surface area contributed by atoms with Crippen LogP contribution in [0, 0.1) is 18.8 Å². The van der Waals surface area contributed by atoms with Crippen LogP contribution in [0.15, 0.2) is 24.3 Å². The number of carboxylic acid groups (broad SMARTS) is 1. The Morgan fingerprint density at radius 3 is 2.54 bits per heavy atom. The number of hydrogen-bond acceptors (Lipinski definition) is 5. The second kappa shape index (κ2) is 6.77. The van der Waals surface area contributed by atoms with Gasteiger partial charge in [-0.05, 0) is 61.2 Å². The molecule has 24 heavy (non-hydrogen) atoms. The maximum atomic E-state index is 12.4. The van der Waals surface area contributed by atoms with Crippen LogP contribution in [0.1, 0.15) is 31.5 Å². The first-order valence-corrected chi connectivity index (χ1v) is 7.93. The molecule has 126 valence electrons. The number of aryl methyl sites for hydroxylation is 1. The van der Waals surface area contributed by atoms with Gasteiger partial charge in [-0.3, -0.25) is 9.59 Å². The van der Waals surface area contributed by atoms with Crippen molar-refractivity contribution >= 4 is 17.6 Å². The number of aliphatic carboxylic acids is 1. The van der Waals surface area contributed by atoms with Crippen LogP contribution in [0.4, 0.5) is 5.69 Å². The summed E-state index contributed by atoms with van der Waals surface area (Å²) in [6, 6.07) is 7.30. The van der Waals surface area contributed by atoms with Gasteiger partial charge in [-0.15, -0.1) is 5.10 Å². The van der Waals surface area contributed by atoms with E-state index < -0.39 is 5.97 Å². The minimum absolute atomic E-state index is 0.0653. The molecule has 1 heterocycles. The molecule has 0 unspecified atom stereocenters. The zero-order valence-electron chi connectivity index (χ0n) is 13.3. The molecule has 0 atom stereocenters. The second-order valence-corrected chi connectivity index (χ2v) is 6.06. The van der Waals surface area contributed by atoms with Crippen molar-refractivity contribution in [2.75, 3.05) is 5.32 Å². The molecule has 1 amide bonds. The molecule has 1 aromatic heterocycles. The van der Waals surface area contributed by atoms with Crippen molar-refractivity contribution in [2.45, 2.75) is 32.6 Å². The molecule has 0 aliphatic heterocycles. The number of aromatic nitrogens is 4. The van der Waals surface area contributed by atoms with Gasteiger partial charge in [0.2, 0.25) is 5.91 Å². The van der Waals surface area contributed by atoms with Crippen LogP contribution in [0.3, 0.4) is 0 Å². The van der Waals surface area contributed by atoms with Crippen LogP contribution in [0.25, 0.3) is 5.69 Å². The maximum Gasteiger partial charge on any atom is 0.306 e. The topological polar surface area (TPSA) is 110 Å². The summed E-state index contributed by atoms with van der Waals surface area (Å²) in [5.41, 5.74) is 1.44. The highest BCUT2D eigenvalue weighted by Gasteiger charge is 2.29. The predicted molar refractivity (Wildman–Crippen MR) is 85.6 cm³/mol. The Balaban J connectivity index is 1.65. The molecule has 1 saturated carbocycles. The standard InChI is InChI=1S/C16H19N5O3/c1-10-18-19-20-21(10)14-4-2-3-13(9-14)17-15(22)11-5-7-12(8-6-11)16(23)24/h2-4,9,11-12H,5-8H2,1H3,(H,17,22)(H,23,24). The summed E-state index contributed by atoms with van der Waals surface area (Å²) in [7, 11) is 0. The van der Waals surface area contributed by atoms with Gasteiger partial charge in [-0.25, -0.2) is 0 Å². The summed E-state index contributed by atoms with van der Waals surface area (Å²) >= 11 is 0. The third-order valence-corrected chi connectivity index (χ3v) is 4.43. The molecule has 0 spiro atoms. The molecule has 2 N–H and O–H groups in total. The molecule has 3 rings (SSSR count). The number of anilines is 1. The van der Waals surface area contributed by atoms with E-state index >= 15 is 0 Å². The molecule has 1 aliphatic rings. The summed E-state index contributed by atoms with van der Waals surface area (Å²) in [6.45, 7) is 1.80. The first-order valence-electron chi connectivity index (χ1n) is 7.93. The summed E-state index contributed by atoms with van der Waals surface area (Å²) < 4.78 is 1.59. The van der Waals surface area contributed by atoms with Gasteiger partial charge in [0.05, 0.1) is 11.6 Å². The lowest BCUT2D eigenvalue weighted by molar-refractivity contribution is -0.143. The number of nitrogens with zero attached hydrogens (tertiary/aromatic N) is 4. The molecule has 0 saturated heterocycles. The summed E-state index contributed by atoms with van der Waals surface area (Å²) in [6.07, 6.45) is 2.32. The van der Waals surface area contributed by atoms with Gasteiger partial charge in [0.15, 0.2) is 5.82 Å². The van der Waals surface area contributed by atoms with Crippen LogP contribution < -0.4 is 5.32 Å². The van der Waals surface area contributed by atoms with E-state index in [0.29, 0.717) is 37.2 Å². The molecule has 0 bridgehead atoms. The molecule has 0 radical (unpaired) electrons.